The van der Waals surface area contributed by atoms with Crippen LogP contribution in [0.3, 0.4) is 0 Å². The van der Waals surface area contributed by atoms with Gasteiger partial charge < -0.3 is 0 Å². The van der Waals surface area contributed by atoms with Crippen molar-refractivity contribution < 1.29 is 15.6 Å². The summed E-state index contributed by atoms with van der Waals surface area (Å²) in [5, 5.41) is 0. The van der Waals surface area contributed by atoms with Gasteiger partial charge in [-0.3, -0.25) is 0 Å². The van der Waals surface area contributed by atoms with E-state index in [1.807, 2.05) is 6.07 Å². The Morgan fingerprint density at radius 1 is 1.00 bits per heavy atom. The van der Waals surface area contributed by atoms with Crippen LogP contribution in [0.4, 0.5) is 0 Å². The van der Waals surface area contributed by atoms with Crippen LogP contribution in [0.1, 0.15) is 0 Å². The van der Waals surface area contributed by atoms with Gasteiger partial charge in [0.25, 0.3) is 0 Å². The van der Waals surface area contributed by atoms with Gasteiger partial charge in [-0.25, -0.2) is 0 Å². The summed E-state index contributed by atoms with van der Waals surface area (Å²) in [5.41, 5.74) is 0. The average Bonchev–Trinajstić information content (AvgIpc) is 2.38. The van der Waals surface area contributed by atoms with E-state index < -0.39 is 33.0 Å². The zero-order chi connectivity index (χ0) is 12.7. The maximum absolute atomic E-state index is 11.2. The fourth-order valence-electron chi connectivity index (χ4n) is 0.912. The summed E-state index contributed by atoms with van der Waals surface area (Å²) in [5.74, 6) is -1.18. The second kappa shape index (κ2) is 6.92. The molecular formula is C12H11O4Sb. The van der Waals surface area contributed by atoms with Crippen molar-refractivity contribution in [3.8, 4) is 0 Å². The molecule has 0 spiro atoms. The molecule has 0 fully saturated rings. The van der Waals surface area contributed by atoms with Crippen LogP contribution in [0.15, 0.2) is 55.6 Å². The number of carbonyl (C=O) groups excluding carboxylic acids is 2. The topological polar surface area (TPSA) is 52.6 Å². The number of hydrogen-bond donors (Lipinski definition) is 0. The Bertz CT molecular complexity index is 405. The van der Waals surface area contributed by atoms with Gasteiger partial charge in [0.2, 0.25) is 0 Å². The van der Waals surface area contributed by atoms with Crippen LogP contribution < -0.4 is 3.51 Å². The van der Waals surface area contributed by atoms with E-state index in [-0.39, 0.29) is 0 Å². The van der Waals surface area contributed by atoms with Gasteiger partial charge in [-0.1, -0.05) is 0 Å². The number of hydrogen-bond acceptors (Lipinski definition) is 4. The third-order valence-corrected chi connectivity index (χ3v) is 5.67. The van der Waals surface area contributed by atoms with E-state index in [0.717, 1.165) is 15.7 Å². The number of benzene rings is 1. The summed E-state index contributed by atoms with van der Waals surface area (Å²) in [6.45, 7) is 6.60. The van der Waals surface area contributed by atoms with Gasteiger partial charge in [0.15, 0.2) is 0 Å². The van der Waals surface area contributed by atoms with E-state index in [0.29, 0.717) is 0 Å². The Morgan fingerprint density at radius 2 is 1.47 bits per heavy atom. The summed E-state index contributed by atoms with van der Waals surface area (Å²) in [4.78, 5) is 22.3. The summed E-state index contributed by atoms with van der Waals surface area (Å²) in [6, 6.07) is 8.92. The molecule has 0 aliphatic rings. The van der Waals surface area contributed by atoms with E-state index in [9.17, 15) is 9.59 Å². The van der Waals surface area contributed by atoms with Gasteiger partial charge in [-0.05, 0) is 0 Å². The van der Waals surface area contributed by atoms with Crippen molar-refractivity contribution in [3.05, 3.63) is 55.6 Å². The zero-order valence-corrected chi connectivity index (χ0v) is 11.6. The molecule has 0 N–H and O–H groups in total. The molecule has 0 unspecified atom stereocenters. The Balaban J connectivity index is 2.86. The molecule has 0 radical (unpaired) electrons. The van der Waals surface area contributed by atoms with Crippen molar-refractivity contribution in [2.24, 2.45) is 0 Å². The maximum atomic E-state index is 11.2. The molecule has 17 heavy (non-hydrogen) atoms. The summed E-state index contributed by atoms with van der Waals surface area (Å²) >= 11 is -3.06. The monoisotopic (exact) mass is 340 g/mol. The predicted molar refractivity (Wildman–Crippen MR) is 64.4 cm³/mol. The van der Waals surface area contributed by atoms with Gasteiger partial charge >= 0.3 is 108 Å². The fourth-order valence-corrected chi connectivity index (χ4v) is 4.16. The van der Waals surface area contributed by atoms with E-state index >= 15 is 0 Å². The van der Waals surface area contributed by atoms with Crippen molar-refractivity contribution in [1.82, 2.24) is 0 Å². The fraction of sp³-hybridized carbons (Fsp3) is 0. The average molecular weight is 341 g/mol. The third-order valence-electron chi connectivity index (χ3n) is 1.65. The Morgan fingerprint density at radius 3 is 1.88 bits per heavy atom. The molecule has 88 valence electrons. The van der Waals surface area contributed by atoms with Crippen molar-refractivity contribution in [2.45, 2.75) is 0 Å². The molecule has 0 atom stereocenters. The molecule has 0 bridgehead atoms. The molecule has 0 aromatic heterocycles. The van der Waals surface area contributed by atoms with Crippen LogP contribution in [0, 0.1) is 0 Å². The molecule has 1 aromatic rings. The Labute approximate surface area is 108 Å². The van der Waals surface area contributed by atoms with Gasteiger partial charge in [-0.15, -0.1) is 0 Å². The molecular weight excluding hydrogens is 330 g/mol. The van der Waals surface area contributed by atoms with Crippen LogP contribution in [-0.2, 0) is 15.6 Å². The molecule has 0 amide bonds. The molecule has 5 heteroatoms. The number of rotatable bonds is 5. The first kappa shape index (κ1) is 13.5. The second-order valence-electron chi connectivity index (χ2n) is 2.82. The van der Waals surface area contributed by atoms with Crippen LogP contribution in [-0.4, -0.2) is 33.0 Å². The SMILES string of the molecule is C=CC(=O)[O][Sb]([O]C(=O)C=C)[c]1ccccc1. The van der Waals surface area contributed by atoms with Crippen molar-refractivity contribution in [3.63, 3.8) is 0 Å². The quantitative estimate of drug-likeness (QED) is 0.589. The third kappa shape index (κ3) is 4.45. The number of carbonyl (C=O) groups is 2. The second-order valence-corrected chi connectivity index (χ2v) is 6.81. The molecule has 0 aliphatic heterocycles. The van der Waals surface area contributed by atoms with E-state index in [1.54, 1.807) is 24.3 Å². The van der Waals surface area contributed by atoms with Crippen LogP contribution in [0.25, 0.3) is 0 Å². The Hall–Kier alpha value is -1.54. The molecule has 0 heterocycles. The molecule has 1 rings (SSSR count). The summed E-state index contributed by atoms with van der Waals surface area (Å²) < 4.78 is 10.9. The normalized spacial score (nSPS) is 9.47. The van der Waals surface area contributed by atoms with E-state index in [4.69, 9.17) is 6.03 Å². The van der Waals surface area contributed by atoms with E-state index in [1.165, 1.54) is 0 Å². The standard InChI is InChI=1S/C6H5.2C3H4O2.Sb/c1-2-4-6-5-3-1;2*1-2-3(4)5;/h1-5H;2*2H,1H2,(H,4,5);/q;;;+2/p-2. The zero-order valence-electron chi connectivity index (χ0n) is 9.04. The molecule has 0 saturated carbocycles. The minimum absolute atomic E-state index is 0.589. The summed E-state index contributed by atoms with van der Waals surface area (Å²) in [7, 11) is 0. The predicted octanol–water partition coefficient (Wildman–Crippen LogP) is 0.840. The molecule has 0 saturated heterocycles. The molecule has 0 aliphatic carbocycles. The van der Waals surface area contributed by atoms with Crippen LogP contribution in [0.5, 0.6) is 0 Å². The molecule has 1 aromatic carbocycles. The van der Waals surface area contributed by atoms with Crippen LogP contribution in [0.2, 0.25) is 0 Å². The van der Waals surface area contributed by atoms with Crippen molar-refractivity contribution >= 4 is 36.5 Å². The van der Waals surface area contributed by atoms with Crippen LogP contribution >= 0.6 is 0 Å². The van der Waals surface area contributed by atoms with Gasteiger partial charge in [0.1, 0.15) is 0 Å². The Kier molecular flexibility index (Phi) is 5.50. The minimum atomic E-state index is -3.06. The first-order chi connectivity index (χ1) is 8.17. The van der Waals surface area contributed by atoms with Gasteiger partial charge in [0, 0.05) is 0 Å². The van der Waals surface area contributed by atoms with Gasteiger partial charge in [-0.2, -0.15) is 0 Å². The van der Waals surface area contributed by atoms with Gasteiger partial charge in [0.05, 0.1) is 0 Å². The summed E-state index contributed by atoms with van der Waals surface area (Å²) in [6.07, 6.45) is 2.09. The first-order valence-electron chi connectivity index (χ1n) is 4.71. The van der Waals surface area contributed by atoms with E-state index in [2.05, 4.69) is 13.2 Å². The first-order valence-corrected chi connectivity index (χ1v) is 8.07. The van der Waals surface area contributed by atoms with Crippen molar-refractivity contribution in [2.75, 3.05) is 0 Å². The van der Waals surface area contributed by atoms with Crippen molar-refractivity contribution in [1.29, 1.82) is 0 Å². The molecule has 4 nitrogen and oxygen atoms in total.